The number of halogens is 4. The summed E-state index contributed by atoms with van der Waals surface area (Å²) in [6, 6.07) is 5.84. The van der Waals surface area contributed by atoms with Gasteiger partial charge in [0.2, 0.25) is 0 Å². The van der Waals surface area contributed by atoms with Crippen LogP contribution >= 0.6 is 0 Å². The molecule has 0 amide bonds. The van der Waals surface area contributed by atoms with Gasteiger partial charge in [0, 0.05) is 5.56 Å². The Morgan fingerprint density at radius 3 is 2.48 bits per heavy atom. The summed E-state index contributed by atoms with van der Waals surface area (Å²) < 4.78 is 60.0. The third-order valence-corrected chi connectivity index (χ3v) is 3.91. The summed E-state index contributed by atoms with van der Waals surface area (Å²) in [6.45, 7) is 2.81. The van der Waals surface area contributed by atoms with E-state index >= 15 is 0 Å². The van der Waals surface area contributed by atoms with Crippen LogP contribution < -0.4 is 0 Å². The first-order valence-electron chi connectivity index (χ1n) is 8.07. The van der Waals surface area contributed by atoms with Crippen molar-refractivity contribution in [3.63, 3.8) is 0 Å². The highest BCUT2D eigenvalue weighted by Crippen LogP contribution is 2.38. The molecule has 0 unspecified atom stereocenters. The lowest BCUT2D eigenvalue weighted by molar-refractivity contribution is -0.144. The van der Waals surface area contributed by atoms with Crippen LogP contribution in [0.5, 0.6) is 0 Å². The number of ether oxygens (including phenoxy) is 1. The summed E-state index contributed by atoms with van der Waals surface area (Å²) in [4.78, 5) is 16.0. The molecule has 27 heavy (non-hydrogen) atoms. The van der Waals surface area contributed by atoms with E-state index in [1.807, 2.05) is 0 Å². The topological polar surface area (TPSA) is 57.0 Å². The smallest absolute Gasteiger partial charge is 0.417 e. The van der Waals surface area contributed by atoms with Gasteiger partial charge in [0.25, 0.3) is 0 Å². The molecule has 0 radical (unpaired) electrons. The maximum absolute atomic E-state index is 13.6. The van der Waals surface area contributed by atoms with Gasteiger partial charge in [-0.2, -0.15) is 18.3 Å². The number of carbonyl (C=O) groups excluding carboxylic acids is 1. The molecule has 1 aromatic carbocycles. The fourth-order valence-electron chi connectivity index (χ4n) is 2.78. The minimum Gasteiger partial charge on any atom is -0.465 e. The fourth-order valence-corrected chi connectivity index (χ4v) is 2.78. The van der Waals surface area contributed by atoms with E-state index in [0.717, 1.165) is 22.9 Å². The number of esters is 1. The van der Waals surface area contributed by atoms with Gasteiger partial charge < -0.3 is 4.74 Å². The Hall–Kier alpha value is -2.97. The Morgan fingerprint density at radius 1 is 1.22 bits per heavy atom. The minimum atomic E-state index is -4.65. The van der Waals surface area contributed by atoms with Crippen LogP contribution in [0.25, 0.3) is 22.3 Å². The van der Waals surface area contributed by atoms with E-state index in [1.54, 1.807) is 6.92 Å². The van der Waals surface area contributed by atoms with Gasteiger partial charge in [0.15, 0.2) is 5.65 Å². The normalized spacial score (nSPS) is 11.8. The molecule has 2 aromatic heterocycles. The number of pyridine rings is 1. The van der Waals surface area contributed by atoms with Crippen molar-refractivity contribution < 1.29 is 27.1 Å². The molecule has 3 rings (SSSR count). The summed E-state index contributed by atoms with van der Waals surface area (Å²) in [5, 5.41) is 3.85. The molecule has 9 heteroatoms. The van der Waals surface area contributed by atoms with Gasteiger partial charge >= 0.3 is 12.1 Å². The number of alkyl halides is 3. The predicted molar refractivity (Wildman–Crippen MR) is 89.3 cm³/mol. The molecular weight excluding hydrogens is 366 g/mol. The minimum absolute atomic E-state index is 0.000154. The Kier molecular flexibility index (Phi) is 4.86. The largest absolute Gasteiger partial charge is 0.465 e. The highest BCUT2D eigenvalue weighted by Gasteiger charge is 2.35. The number of rotatable bonds is 4. The van der Waals surface area contributed by atoms with Crippen LogP contribution in [-0.2, 0) is 22.3 Å². The quantitative estimate of drug-likeness (QED) is 0.504. The average molecular weight is 381 g/mol. The maximum atomic E-state index is 13.6. The summed E-state index contributed by atoms with van der Waals surface area (Å²) in [6.07, 6.45) is -4.65. The van der Waals surface area contributed by atoms with Crippen molar-refractivity contribution >= 4 is 17.0 Å². The zero-order chi connectivity index (χ0) is 19.8. The van der Waals surface area contributed by atoms with E-state index in [4.69, 9.17) is 4.74 Å². The van der Waals surface area contributed by atoms with Crippen LogP contribution in [0.4, 0.5) is 17.6 Å². The maximum Gasteiger partial charge on any atom is 0.417 e. The molecule has 0 fully saturated rings. The summed E-state index contributed by atoms with van der Waals surface area (Å²) in [5.74, 6) is -1.15. The van der Waals surface area contributed by atoms with Gasteiger partial charge in [-0.1, -0.05) is 0 Å². The molecule has 142 valence electrons. The highest BCUT2D eigenvalue weighted by molar-refractivity contribution is 5.86. The molecule has 0 bridgehead atoms. The van der Waals surface area contributed by atoms with Crippen LogP contribution in [0.15, 0.2) is 30.3 Å². The molecule has 0 spiro atoms. The van der Waals surface area contributed by atoms with Crippen molar-refractivity contribution in [3.8, 4) is 11.3 Å². The summed E-state index contributed by atoms with van der Waals surface area (Å²) >= 11 is 0. The predicted octanol–water partition coefficient (Wildman–Crippen LogP) is 4.13. The van der Waals surface area contributed by atoms with Crippen molar-refractivity contribution in [3.05, 3.63) is 47.4 Å². The average Bonchev–Trinajstić information content (AvgIpc) is 2.90. The third kappa shape index (κ3) is 3.76. The van der Waals surface area contributed by atoms with Crippen LogP contribution in [0, 0.1) is 12.7 Å². The standard InChI is InChI=1S/C18H15F4N3O2/c1-3-27-15(26)9-25-17-16(10(2)24-25)13(18(20,21)22)8-14(23-17)11-4-6-12(19)7-5-11/h4-8H,3,9H2,1-2H3. The zero-order valence-corrected chi connectivity index (χ0v) is 14.5. The first-order chi connectivity index (χ1) is 12.7. The van der Waals surface area contributed by atoms with E-state index in [-0.39, 0.29) is 35.6 Å². The van der Waals surface area contributed by atoms with Gasteiger partial charge in [0.05, 0.1) is 28.9 Å². The first-order valence-corrected chi connectivity index (χ1v) is 8.07. The Bertz CT molecular complexity index is 994. The summed E-state index contributed by atoms with van der Waals surface area (Å²) in [5.41, 5.74) is -0.598. The number of nitrogens with zero attached hydrogens (tertiary/aromatic N) is 3. The molecule has 0 aliphatic heterocycles. The molecule has 0 atom stereocenters. The van der Waals surface area contributed by atoms with Crippen LogP contribution in [0.1, 0.15) is 18.2 Å². The van der Waals surface area contributed by atoms with Crippen molar-refractivity contribution in [1.29, 1.82) is 0 Å². The lowest BCUT2D eigenvalue weighted by Crippen LogP contribution is -2.15. The van der Waals surface area contributed by atoms with E-state index in [0.29, 0.717) is 5.56 Å². The van der Waals surface area contributed by atoms with Crippen molar-refractivity contribution in [2.24, 2.45) is 0 Å². The van der Waals surface area contributed by atoms with Crippen LogP contribution in [0.2, 0.25) is 0 Å². The van der Waals surface area contributed by atoms with Gasteiger partial charge in [-0.3, -0.25) is 4.79 Å². The molecule has 0 N–H and O–H groups in total. The number of hydrogen-bond acceptors (Lipinski definition) is 4. The van der Waals surface area contributed by atoms with Crippen molar-refractivity contribution in [2.45, 2.75) is 26.6 Å². The van der Waals surface area contributed by atoms with Crippen molar-refractivity contribution in [1.82, 2.24) is 14.8 Å². The second-order valence-electron chi connectivity index (χ2n) is 5.81. The second kappa shape index (κ2) is 6.98. The lowest BCUT2D eigenvalue weighted by Gasteiger charge is -2.11. The zero-order valence-electron chi connectivity index (χ0n) is 14.5. The number of benzene rings is 1. The molecule has 0 saturated carbocycles. The first kappa shape index (κ1) is 18.8. The molecule has 5 nitrogen and oxygen atoms in total. The van der Waals surface area contributed by atoms with E-state index in [1.165, 1.54) is 19.1 Å². The number of aromatic nitrogens is 3. The summed E-state index contributed by atoms with van der Waals surface area (Å²) in [7, 11) is 0. The molecular formula is C18H15F4N3O2. The van der Waals surface area contributed by atoms with Crippen molar-refractivity contribution in [2.75, 3.05) is 6.61 Å². The SMILES string of the molecule is CCOC(=O)Cn1nc(C)c2c(C(F)(F)F)cc(-c3ccc(F)cc3)nc21. The van der Waals surface area contributed by atoms with Gasteiger partial charge in [-0.05, 0) is 44.2 Å². The monoisotopic (exact) mass is 381 g/mol. The highest BCUT2D eigenvalue weighted by atomic mass is 19.4. The van der Waals surface area contributed by atoms with E-state index < -0.39 is 23.5 Å². The Morgan fingerprint density at radius 2 is 1.89 bits per heavy atom. The molecule has 0 saturated heterocycles. The number of fused-ring (bicyclic) bond motifs is 1. The number of aryl methyl sites for hydroxylation is 1. The van der Waals surface area contributed by atoms with Gasteiger partial charge in [0.1, 0.15) is 12.4 Å². The van der Waals surface area contributed by atoms with Crippen LogP contribution in [-0.4, -0.2) is 27.3 Å². The van der Waals surface area contributed by atoms with E-state index in [9.17, 15) is 22.4 Å². The third-order valence-electron chi connectivity index (χ3n) is 3.91. The second-order valence-corrected chi connectivity index (χ2v) is 5.81. The van der Waals surface area contributed by atoms with Gasteiger partial charge in [-0.15, -0.1) is 0 Å². The van der Waals surface area contributed by atoms with Crippen LogP contribution in [0.3, 0.4) is 0 Å². The molecule has 0 aliphatic rings. The van der Waals surface area contributed by atoms with E-state index in [2.05, 4.69) is 10.1 Å². The van der Waals surface area contributed by atoms with Gasteiger partial charge in [-0.25, -0.2) is 14.1 Å². The Balaban J connectivity index is 2.24. The molecule has 3 aromatic rings. The number of hydrogen-bond donors (Lipinski definition) is 0. The number of carbonyl (C=O) groups is 1. The Labute approximate surface area is 151 Å². The fraction of sp³-hybridized carbons (Fsp3) is 0.278. The lowest BCUT2D eigenvalue weighted by atomic mass is 10.1. The molecule has 2 heterocycles. The molecule has 0 aliphatic carbocycles.